The number of carbonyl (C=O) groups is 2. The van der Waals surface area contributed by atoms with Crippen LogP contribution >= 0.6 is 11.8 Å². The summed E-state index contributed by atoms with van der Waals surface area (Å²) in [6, 6.07) is 5.93. The third kappa shape index (κ3) is 4.09. The molecule has 2 fully saturated rings. The van der Waals surface area contributed by atoms with E-state index in [1.165, 1.54) is 37.1 Å². The number of amides is 1. The van der Waals surface area contributed by atoms with Crippen LogP contribution in [0.3, 0.4) is 0 Å². The van der Waals surface area contributed by atoms with Gasteiger partial charge < -0.3 is 15.0 Å². The lowest BCUT2D eigenvalue weighted by molar-refractivity contribution is -0.139. The maximum atomic E-state index is 15.0. The van der Waals surface area contributed by atoms with Crippen LogP contribution in [0.1, 0.15) is 57.6 Å². The summed E-state index contributed by atoms with van der Waals surface area (Å²) < 4.78 is 20.3. The van der Waals surface area contributed by atoms with E-state index in [1.807, 2.05) is 10.3 Å². The molecule has 2 aliphatic heterocycles. The highest BCUT2D eigenvalue weighted by Crippen LogP contribution is 2.46. The number of allylic oxidation sites excluding steroid dienone is 1. The standard InChI is InChI=1S/C25H28FN3O3S/c1-3-32-24(31)22-14(2)27-25-29(23(22)18-6-4-5-7-19(18)26)17(13-33-25)12-21(30)28-20-11-15-8-9-16(20)10-15/h4-7,13,15-16,20,23H,3,8-12H2,1-2H3,(H,28,30). The maximum Gasteiger partial charge on any atom is 0.338 e. The summed E-state index contributed by atoms with van der Waals surface area (Å²) in [5.74, 6) is 0.352. The number of benzene rings is 1. The van der Waals surface area contributed by atoms with Gasteiger partial charge in [0.25, 0.3) is 0 Å². The van der Waals surface area contributed by atoms with Crippen molar-refractivity contribution in [3.05, 3.63) is 58.0 Å². The van der Waals surface area contributed by atoms with Crippen molar-refractivity contribution >= 4 is 28.8 Å². The molecule has 2 bridgehead atoms. The van der Waals surface area contributed by atoms with Crippen LogP contribution in [0.2, 0.25) is 0 Å². The summed E-state index contributed by atoms with van der Waals surface area (Å²) in [4.78, 5) is 32.3. The summed E-state index contributed by atoms with van der Waals surface area (Å²) in [5.41, 5.74) is 1.87. The van der Waals surface area contributed by atoms with E-state index >= 15 is 0 Å². The summed E-state index contributed by atoms with van der Waals surface area (Å²) in [7, 11) is 0. The van der Waals surface area contributed by atoms with Crippen LogP contribution in [-0.2, 0) is 14.3 Å². The first-order valence-electron chi connectivity index (χ1n) is 11.6. The van der Waals surface area contributed by atoms with E-state index in [1.54, 1.807) is 32.0 Å². The van der Waals surface area contributed by atoms with Gasteiger partial charge in [-0.3, -0.25) is 4.79 Å². The van der Waals surface area contributed by atoms with Crippen LogP contribution in [0.15, 0.2) is 51.6 Å². The van der Waals surface area contributed by atoms with E-state index in [9.17, 15) is 14.0 Å². The lowest BCUT2D eigenvalue weighted by atomic mass is 9.93. The van der Waals surface area contributed by atoms with Crippen LogP contribution in [0, 0.1) is 17.7 Å². The number of carbonyl (C=O) groups excluding carboxylic acids is 2. The molecule has 5 rings (SSSR count). The first kappa shape index (κ1) is 22.2. The first-order valence-corrected chi connectivity index (χ1v) is 12.5. The molecular formula is C25H28FN3O3S. The van der Waals surface area contributed by atoms with Crippen molar-refractivity contribution in [3.8, 4) is 0 Å². The van der Waals surface area contributed by atoms with Crippen LogP contribution < -0.4 is 5.32 Å². The Morgan fingerprint density at radius 2 is 2.09 bits per heavy atom. The largest absolute Gasteiger partial charge is 0.463 e. The number of aliphatic imine (C=N–C) groups is 1. The van der Waals surface area contributed by atoms with Gasteiger partial charge in [-0.05, 0) is 56.4 Å². The Labute approximate surface area is 197 Å². The van der Waals surface area contributed by atoms with Gasteiger partial charge in [0, 0.05) is 17.3 Å². The number of hydrogen-bond acceptors (Lipinski definition) is 6. The minimum Gasteiger partial charge on any atom is -0.463 e. The van der Waals surface area contributed by atoms with E-state index in [2.05, 4.69) is 10.3 Å². The van der Waals surface area contributed by atoms with Crippen LogP contribution in [0.4, 0.5) is 4.39 Å². The van der Waals surface area contributed by atoms with Crippen molar-refractivity contribution < 1.29 is 18.7 Å². The Bertz CT molecular complexity index is 1080. The van der Waals surface area contributed by atoms with Crippen molar-refractivity contribution in [2.24, 2.45) is 16.8 Å². The molecule has 2 saturated carbocycles. The predicted octanol–water partition coefficient (Wildman–Crippen LogP) is 4.66. The van der Waals surface area contributed by atoms with E-state index in [-0.39, 0.29) is 25.0 Å². The van der Waals surface area contributed by atoms with Gasteiger partial charge >= 0.3 is 5.97 Å². The molecule has 2 aliphatic carbocycles. The highest BCUT2D eigenvalue weighted by molar-refractivity contribution is 8.16. The van der Waals surface area contributed by atoms with Crippen molar-refractivity contribution in [1.82, 2.24) is 10.2 Å². The highest BCUT2D eigenvalue weighted by Gasteiger charge is 2.43. The molecule has 4 unspecified atom stereocenters. The molecule has 0 aromatic heterocycles. The number of nitrogens with zero attached hydrogens (tertiary/aromatic N) is 2. The van der Waals surface area contributed by atoms with Crippen LogP contribution in [0.5, 0.6) is 0 Å². The molecule has 8 heteroatoms. The van der Waals surface area contributed by atoms with E-state index in [0.29, 0.717) is 33.6 Å². The zero-order valence-electron chi connectivity index (χ0n) is 18.8. The van der Waals surface area contributed by atoms with E-state index in [4.69, 9.17) is 4.74 Å². The Balaban J connectivity index is 1.43. The number of halogens is 1. The molecule has 0 spiro atoms. The Kier molecular flexibility index (Phi) is 6.03. The summed E-state index contributed by atoms with van der Waals surface area (Å²) >= 11 is 1.39. The molecule has 174 valence electrons. The molecular weight excluding hydrogens is 441 g/mol. The van der Waals surface area contributed by atoms with E-state index < -0.39 is 17.8 Å². The fourth-order valence-electron chi connectivity index (χ4n) is 5.67. The summed E-state index contributed by atoms with van der Waals surface area (Å²) in [6.45, 7) is 3.69. The SMILES string of the molecule is CCOC(=O)C1=C(C)N=C2SC=C(CC(=O)NC3CC4CCC3C4)N2C1c1ccccc1F. The fraction of sp³-hybridized carbons (Fsp3) is 0.480. The van der Waals surface area contributed by atoms with Gasteiger partial charge in [-0.2, -0.15) is 0 Å². The second-order valence-corrected chi connectivity index (χ2v) is 10.00. The lowest BCUT2D eigenvalue weighted by Gasteiger charge is -2.36. The molecule has 0 radical (unpaired) electrons. The zero-order valence-corrected chi connectivity index (χ0v) is 19.7. The second kappa shape index (κ2) is 8.97. The molecule has 1 aromatic carbocycles. The van der Waals surface area contributed by atoms with Gasteiger partial charge in [-0.25, -0.2) is 14.2 Å². The van der Waals surface area contributed by atoms with Gasteiger partial charge in [0.2, 0.25) is 5.91 Å². The second-order valence-electron chi connectivity index (χ2n) is 9.16. The van der Waals surface area contributed by atoms with Crippen molar-refractivity contribution in [1.29, 1.82) is 0 Å². The quantitative estimate of drug-likeness (QED) is 0.614. The van der Waals surface area contributed by atoms with Crippen molar-refractivity contribution in [2.45, 2.75) is 58.0 Å². The minimum atomic E-state index is -0.741. The molecule has 4 atom stereocenters. The number of thioether (sulfide) groups is 1. The van der Waals surface area contributed by atoms with Crippen molar-refractivity contribution in [3.63, 3.8) is 0 Å². The van der Waals surface area contributed by atoms with Crippen molar-refractivity contribution in [2.75, 3.05) is 6.61 Å². The molecule has 1 amide bonds. The van der Waals surface area contributed by atoms with Crippen LogP contribution in [-0.4, -0.2) is 34.6 Å². The van der Waals surface area contributed by atoms with Gasteiger partial charge in [-0.15, -0.1) is 0 Å². The monoisotopic (exact) mass is 469 g/mol. The average Bonchev–Trinajstić information content (AvgIpc) is 3.50. The number of rotatable bonds is 6. The Morgan fingerprint density at radius 3 is 2.79 bits per heavy atom. The van der Waals surface area contributed by atoms with Gasteiger partial charge in [0.15, 0.2) is 5.17 Å². The molecule has 6 nitrogen and oxygen atoms in total. The Hall–Kier alpha value is -2.61. The van der Waals surface area contributed by atoms with Gasteiger partial charge in [0.05, 0.1) is 30.3 Å². The highest BCUT2D eigenvalue weighted by atomic mass is 32.2. The molecule has 33 heavy (non-hydrogen) atoms. The summed E-state index contributed by atoms with van der Waals surface area (Å²) in [6.07, 6.45) is 4.90. The smallest absolute Gasteiger partial charge is 0.338 e. The molecule has 0 saturated heterocycles. The minimum absolute atomic E-state index is 0.0445. The number of ether oxygens (including phenoxy) is 1. The number of amidine groups is 1. The molecule has 1 aromatic rings. The van der Waals surface area contributed by atoms with Gasteiger partial charge in [-0.1, -0.05) is 36.4 Å². The molecule has 4 aliphatic rings. The van der Waals surface area contributed by atoms with E-state index in [0.717, 1.165) is 12.3 Å². The third-order valence-corrected chi connectivity index (χ3v) is 8.01. The summed E-state index contributed by atoms with van der Waals surface area (Å²) in [5, 5.41) is 5.75. The lowest BCUT2D eigenvalue weighted by Crippen LogP contribution is -2.41. The molecule has 1 N–H and O–H groups in total. The number of fused-ring (bicyclic) bond motifs is 3. The normalized spacial score (nSPS) is 27.9. The van der Waals surface area contributed by atoms with Gasteiger partial charge in [0.1, 0.15) is 5.82 Å². The van der Waals surface area contributed by atoms with Crippen LogP contribution in [0.25, 0.3) is 0 Å². The first-order chi connectivity index (χ1) is 16.0. The number of hydrogen-bond donors (Lipinski definition) is 1. The molecule has 2 heterocycles. The predicted molar refractivity (Wildman–Crippen MR) is 125 cm³/mol. The number of nitrogens with one attached hydrogen (secondary N) is 1. The zero-order chi connectivity index (χ0) is 23.1. The topological polar surface area (TPSA) is 71.0 Å². The number of esters is 1. The maximum absolute atomic E-state index is 15.0. The Morgan fingerprint density at radius 1 is 1.27 bits per heavy atom. The third-order valence-electron chi connectivity index (χ3n) is 7.12. The fourth-order valence-corrected chi connectivity index (χ4v) is 6.64. The average molecular weight is 470 g/mol.